The van der Waals surface area contributed by atoms with Crippen LogP contribution < -0.4 is 5.32 Å². The van der Waals surface area contributed by atoms with E-state index in [1.54, 1.807) is 18.2 Å². The van der Waals surface area contributed by atoms with Crippen molar-refractivity contribution >= 4 is 11.6 Å². The molecule has 0 radical (unpaired) electrons. The fraction of sp³-hybridized carbons (Fsp3) is 0.235. The highest BCUT2D eigenvalue weighted by molar-refractivity contribution is 5.80. The molecule has 0 spiro atoms. The second-order valence-corrected chi connectivity index (χ2v) is 5.21. The van der Waals surface area contributed by atoms with Crippen molar-refractivity contribution in [3.05, 3.63) is 75.3 Å². The quantitative estimate of drug-likeness (QED) is 0.680. The van der Waals surface area contributed by atoms with Gasteiger partial charge in [-0.2, -0.15) is 0 Å². The lowest BCUT2D eigenvalue weighted by atomic mass is 10.0. The number of aryl methyl sites for hydroxylation is 1. The van der Waals surface area contributed by atoms with Gasteiger partial charge in [0.2, 0.25) is 5.91 Å². The minimum absolute atomic E-state index is 0.00657. The molecule has 0 saturated carbocycles. The number of rotatable bonds is 5. The summed E-state index contributed by atoms with van der Waals surface area (Å²) in [5, 5.41) is 13.9. The number of hydrogen-bond acceptors (Lipinski definition) is 3. The molecule has 2 aromatic carbocycles. The van der Waals surface area contributed by atoms with Gasteiger partial charge < -0.3 is 5.32 Å². The molecule has 0 aliphatic carbocycles. The van der Waals surface area contributed by atoms with Crippen molar-refractivity contribution in [3.8, 4) is 0 Å². The summed E-state index contributed by atoms with van der Waals surface area (Å²) < 4.78 is 0. The lowest BCUT2D eigenvalue weighted by Crippen LogP contribution is -2.28. The zero-order valence-electron chi connectivity index (χ0n) is 12.6. The second-order valence-electron chi connectivity index (χ2n) is 5.21. The lowest BCUT2D eigenvalue weighted by Gasteiger charge is -2.16. The Morgan fingerprint density at radius 1 is 1.18 bits per heavy atom. The minimum Gasteiger partial charge on any atom is -0.349 e. The van der Waals surface area contributed by atoms with Crippen LogP contribution in [0, 0.1) is 17.0 Å². The van der Waals surface area contributed by atoms with Gasteiger partial charge in [-0.15, -0.1) is 0 Å². The molecule has 114 valence electrons. The summed E-state index contributed by atoms with van der Waals surface area (Å²) in [7, 11) is 0. The van der Waals surface area contributed by atoms with Crippen LogP contribution in [0.5, 0.6) is 0 Å². The van der Waals surface area contributed by atoms with Crippen molar-refractivity contribution in [2.24, 2.45) is 0 Å². The fourth-order valence-electron chi connectivity index (χ4n) is 2.45. The first-order chi connectivity index (χ1) is 10.5. The van der Waals surface area contributed by atoms with Gasteiger partial charge in [-0.05, 0) is 25.0 Å². The predicted octanol–water partition coefficient (Wildman–Crippen LogP) is 3.32. The number of hydrogen-bond donors (Lipinski definition) is 1. The zero-order chi connectivity index (χ0) is 16.1. The first kappa shape index (κ1) is 15.7. The van der Waals surface area contributed by atoms with Crippen LogP contribution in [0.1, 0.15) is 29.7 Å². The van der Waals surface area contributed by atoms with Crippen molar-refractivity contribution < 1.29 is 9.72 Å². The summed E-state index contributed by atoms with van der Waals surface area (Å²) in [6.45, 7) is 3.89. The molecule has 5 heteroatoms. The second kappa shape index (κ2) is 6.85. The fourth-order valence-corrected chi connectivity index (χ4v) is 2.45. The third kappa shape index (κ3) is 3.69. The molecule has 0 aromatic heterocycles. The van der Waals surface area contributed by atoms with Crippen LogP contribution in [0.15, 0.2) is 48.5 Å². The Bertz CT molecular complexity index is 698. The number of carbonyl (C=O) groups excluding carboxylic acids is 1. The molecule has 0 saturated heterocycles. The maximum atomic E-state index is 12.1. The van der Waals surface area contributed by atoms with E-state index in [0.29, 0.717) is 5.56 Å². The monoisotopic (exact) mass is 298 g/mol. The van der Waals surface area contributed by atoms with Gasteiger partial charge in [0.25, 0.3) is 5.69 Å². The topological polar surface area (TPSA) is 72.2 Å². The molecule has 2 aromatic rings. The number of benzene rings is 2. The molecule has 1 unspecified atom stereocenters. The van der Waals surface area contributed by atoms with Crippen LogP contribution >= 0.6 is 0 Å². The third-order valence-electron chi connectivity index (χ3n) is 3.57. The first-order valence-electron chi connectivity index (χ1n) is 7.06. The summed E-state index contributed by atoms with van der Waals surface area (Å²) in [4.78, 5) is 22.6. The Kier molecular flexibility index (Phi) is 4.88. The van der Waals surface area contributed by atoms with Crippen molar-refractivity contribution in [1.29, 1.82) is 0 Å². The summed E-state index contributed by atoms with van der Waals surface area (Å²) in [5.74, 6) is -0.231. The van der Waals surface area contributed by atoms with Gasteiger partial charge in [0.1, 0.15) is 0 Å². The smallest absolute Gasteiger partial charge is 0.273 e. The van der Waals surface area contributed by atoms with Crippen LogP contribution in [0.4, 0.5) is 5.69 Å². The van der Waals surface area contributed by atoms with Crippen LogP contribution in [-0.4, -0.2) is 10.8 Å². The maximum Gasteiger partial charge on any atom is 0.273 e. The molecule has 0 heterocycles. The summed E-state index contributed by atoms with van der Waals surface area (Å²) in [5.41, 5.74) is 2.53. The van der Waals surface area contributed by atoms with Crippen molar-refractivity contribution in [3.63, 3.8) is 0 Å². The Balaban J connectivity index is 2.08. The number of carbonyl (C=O) groups is 1. The van der Waals surface area contributed by atoms with E-state index in [-0.39, 0.29) is 24.1 Å². The van der Waals surface area contributed by atoms with E-state index < -0.39 is 4.92 Å². The molecular formula is C17H18N2O3. The van der Waals surface area contributed by atoms with E-state index in [0.717, 1.165) is 11.1 Å². The van der Waals surface area contributed by atoms with E-state index in [1.165, 1.54) is 6.07 Å². The van der Waals surface area contributed by atoms with Crippen molar-refractivity contribution in [1.82, 2.24) is 5.32 Å². The Labute approximate surface area is 129 Å². The lowest BCUT2D eigenvalue weighted by molar-refractivity contribution is -0.385. The average Bonchev–Trinajstić information content (AvgIpc) is 2.47. The van der Waals surface area contributed by atoms with Gasteiger partial charge >= 0.3 is 0 Å². The molecular weight excluding hydrogens is 280 g/mol. The number of nitrogens with zero attached hydrogens (tertiary/aromatic N) is 1. The highest BCUT2D eigenvalue weighted by Gasteiger charge is 2.17. The van der Waals surface area contributed by atoms with Gasteiger partial charge in [-0.3, -0.25) is 14.9 Å². The largest absolute Gasteiger partial charge is 0.349 e. The van der Waals surface area contributed by atoms with Crippen molar-refractivity contribution in [2.75, 3.05) is 0 Å². The Morgan fingerprint density at radius 3 is 2.50 bits per heavy atom. The molecule has 0 aliphatic rings. The molecule has 5 nitrogen and oxygen atoms in total. The minimum atomic E-state index is -0.465. The van der Waals surface area contributed by atoms with Crippen LogP contribution in [0.25, 0.3) is 0 Å². The third-order valence-corrected chi connectivity index (χ3v) is 3.57. The molecule has 1 atom stereocenters. The molecule has 0 bridgehead atoms. The number of nitro groups is 1. The zero-order valence-corrected chi connectivity index (χ0v) is 12.6. The molecule has 1 amide bonds. The molecule has 1 N–H and O–H groups in total. The molecule has 0 aliphatic heterocycles. The van der Waals surface area contributed by atoms with Crippen LogP contribution in [0.2, 0.25) is 0 Å². The van der Waals surface area contributed by atoms with Gasteiger partial charge in [-0.1, -0.05) is 42.5 Å². The Morgan fingerprint density at radius 2 is 1.82 bits per heavy atom. The van der Waals surface area contributed by atoms with Gasteiger partial charge in [0, 0.05) is 11.6 Å². The first-order valence-corrected chi connectivity index (χ1v) is 7.06. The molecule has 2 rings (SSSR count). The summed E-state index contributed by atoms with van der Waals surface area (Å²) >= 11 is 0. The maximum absolute atomic E-state index is 12.1. The standard InChI is InChI=1S/C17H18N2O3/c1-12-7-3-5-9-15(12)13(2)18-17(20)11-14-8-4-6-10-16(14)19(21)22/h3-10,13H,11H2,1-2H3,(H,18,20). The summed E-state index contributed by atoms with van der Waals surface area (Å²) in [6.07, 6.45) is -0.00657. The number of para-hydroxylation sites is 1. The van der Waals surface area contributed by atoms with Gasteiger partial charge in [-0.25, -0.2) is 0 Å². The molecule has 0 fully saturated rings. The van der Waals surface area contributed by atoms with Gasteiger partial charge in [0.15, 0.2) is 0 Å². The Hall–Kier alpha value is -2.69. The number of nitro benzene ring substituents is 1. The van der Waals surface area contributed by atoms with E-state index in [4.69, 9.17) is 0 Å². The van der Waals surface area contributed by atoms with Crippen LogP contribution in [-0.2, 0) is 11.2 Å². The summed E-state index contributed by atoms with van der Waals surface area (Å²) in [6, 6.07) is 14.0. The van der Waals surface area contributed by atoms with E-state index in [2.05, 4.69) is 5.32 Å². The molecule has 22 heavy (non-hydrogen) atoms. The van der Waals surface area contributed by atoms with Crippen LogP contribution in [0.3, 0.4) is 0 Å². The highest BCUT2D eigenvalue weighted by Crippen LogP contribution is 2.20. The SMILES string of the molecule is Cc1ccccc1C(C)NC(=O)Cc1ccccc1[N+](=O)[O-]. The van der Waals surface area contributed by atoms with E-state index in [9.17, 15) is 14.9 Å². The number of nitrogens with one attached hydrogen (secondary N) is 1. The highest BCUT2D eigenvalue weighted by atomic mass is 16.6. The normalized spacial score (nSPS) is 11.7. The van der Waals surface area contributed by atoms with Crippen molar-refractivity contribution in [2.45, 2.75) is 26.3 Å². The van der Waals surface area contributed by atoms with E-state index in [1.807, 2.05) is 38.1 Å². The van der Waals surface area contributed by atoms with E-state index >= 15 is 0 Å². The van der Waals surface area contributed by atoms with Gasteiger partial charge in [0.05, 0.1) is 17.4 Å². The number of amides is 1. The predicted molar refractivity (Wildman–Crippen MR) is 84.5 cm³/mol. The average molecular weight is 298 g/mol.